The second-order valence-electron chi connectivity index (χ2n) is 8.65. The highest BCUT2D eigenvalue weighted by atomic mass is 32.2. The van der Waals surface area contributed by atoms with E-state index in [4.69, 9.17) is 4.98 Å². The lowest BCUT2D eigenvalue weighted by molar-refractivity contribution is -0.129. The lowest BCUT2D eigenvalue weighted by Gasteiger charge is -2.26. The predicted molar refractivity (Wildman–Crippen MR) is 143 cm³/mol. The molecule has 1 aliphatic heterocycles. The highest BCUT2D eigenvalue weighted by Crippen LogP contribution is 2.45. The number of para-hydroxylation sites is 1. The molecule has 5 rings (SSSR count). The van der Waals surface area contributed by atoms with Crippen LogP contribution in [0.2, 0.25) is 0 Å². The molecule has 0 fully saturated rings. The predicted octanol–water partition coefficient (Wildman–Crippen LogP) is 4.43. The Morgan fingerprint density at radius 1 is 1.06 bits per heavy atom. The second kappa shape index (κ2) is 9.40. The number of fused-ring (bicyclic) bond motifs is 2. The molecule has 1 aliphatic rings. The van der Waals surface area contributed by atoms with Crippen molar-refractivity contribution in [3.8, 4) is 10.6 Å². The lowest BCUT2D eigenvalue weighted by Crippen LogP contribution is -2.33. The molecule has 0 bridgehead atoms. The van der Waals surface area contributed by atoms with Gasteiger partial charge in [0.25, 0.3) is 5.91 Å². The highest BCUT2D eigenvalue weighted by molar-refractivity contribution is 7.89. The van der Waals surface area contributed by atoms with E-state index in [0.717, 1.165) is 35.5 Å². The quantitative estimate of drug-likeness (QED) is 0.404. The number of nitrogens with zero attached hydrogens (tertiary/aromatic N) is 3. The van der Waals surface area contributed by atoms with Crippen LogP contribution in [0.1, 0.15) is 27.7 Å². The molecular weight excluding hydrogens is 517 g/mol. The fourth-order valence-corrected chi connectivity index (χ4v) is 7.40. The van der Waals surface area contributed by atoms with Gasteiger partial charge < -0.3 is 10.2 Å². The molecule has 0 spiro atoms. The maximum atomic E-state index is 13.2. The zero-order valence-electron chi connectivity index (χ0n) is 19.9. The molecule has 186 valence electrons. The monoisotopic (exact) mass is 540 g/mol. The Kier molecular flexibility index (Phi) is 6.41. The number of aromatic nitrogens is 1. The molecule has 0 unspecified atom stereocenters. The molecule has 0 aliphatic carbocycles. The van der Waals surface area contributed by atoms with Gasteiger partial charge in [-0.15, -0.1) is 22.7 Å². The lowest BCUT2D eigenvalue weighted by atomic mass is 10.0. The first kappa shape index (κ1) is 24.6. The minimum absolute atomic E-state index is 0.0222. The summed E-state index contributed by atoms with van der Waals surface area (Å²) in [4.78, 5) is 33.0. The van der Waals surface area contributed by atoms with Crippen molar-refractivity contribution >= 4 is 59.7 Å². The van der Waals surface area contributed by atoms with Crippen molar-refractivity contribution in [2.24, 2.45) is 0 Å². The van der Waals surface area contributed by atoms with E-state index in [2.05, 4.69) is 5.32 Å². The summed E-state index contributed by atoms with van der Waals surface area (Å²) in [6, 6.07) is 13.8. The number of thiazole rings is 1. The number of amides is 2. The topological polar surface area (TPSA) is 99.7 Å². The summed E-state index contributed by atoms with van der Waals surface area (Å²) < 4.78 is 26.9. The van der Waals surface area contributed by atoms with Crippen LogP contribution in [0.5, 0.6) is 0 Å². The molecule has 2 aromatic heterocycles. The third kappa shape index (κ3) is 4.43. The number of hydrogen-bond donors (Lipinski definition) is 1. The van der Waals surface area contributed by atoms with Crippen molar-refractivity contribution in [1.29, 1.82) is 0 Å². The van der Waals surface area contributed by atoms with E-state index in [0.29, 0.717) is 30.1 Å². The highest BCUT2D eigenvalue weighted by Gasteiger charge is 2.29. The summed E-state index contributed by atoms with van der Waals surface area (Å²) in [5.74, 6) is -0.317. The molecule has 0 atom stereocenters. The van der Waals surface area contributed by atoms with Gasteiger partial charge in [0.1, 0.15) is 10.0 Å². The van der Waals surface area contributed by atoms with Crippen molar-refractivity contribution in [2.75, 3.05) is 26.0 Å². The van der Waals surface area contributed by atoms with Crippen LogP contribution in [0, 0.1) is 0 Å². The van der Waals surface area contributed by atoms with Gasteiger partial charge >= 0.3 is 0 Å². The van der Waals surface area contributed by atoms with Crippen LogP contribution >= 0.6 is 22.7 Å². The summed E-state index contributed by atoms with van der Waals surface area (Å²) in [6.07, 6.45) is 0.684. The van der Waals surface area contributed by atoms with Crippen LogP contribution in [0.3, 0.4) is 0 Å². The van der Waals surface area contributed by atoms with Gasteiger partial charge in [-0.3, -0.25) is 9.59 Å². The molecule has 3 heterocycles. The van der Waals surface area contributed by atoms with Gasteiger partial charge in [0.15, 0.2) is 0 Å². The Balaban J connectivity index is 1.52. The first-order valence-electron chi connectivity index (χ1n) is 11.2. The first-order valence-corrected chi connectivity index (χ1v) is 14.3. The standard InChI is InChI=1S/C25H24N4O4S3/c1-15(30)29-13-12-18-21(14-29)35-25(22(18)24-26-19-6-4-5-7-20(19)34-24)27-23(31)16-8-10-17(11-9-16)36(32,33)28(2)3/h4-11H,12-14H2,1-3H3,(H,27,31). The molecule has 2 amide bonds. The minimum atomic E-state index is -3.58. The molecular formula is C25H24N4O4S3. The Morgan fingerprint density at radius 3 is 2.44 bits per heavy atom. The SMILES string of the molecule is CC(=O)N1CCc2c(sc(NC(=O)c3ccc(S(=O)(=O)N(C)C)cc3)c2-c2nc3ccccc3s2)C1. The molecule has 1 N–H and O–H groups in total. The molecule has 8 nitrogen and oxygen atoms in total. The van der Waals surface area contributed by atoms with Gasteiger partial charge in [0.05, 0.1) is 21.7 Å². The summed E-state index contributed by atoms with van der Waals surface area (Å²) in [5, 5.41) is 4.54. The number of benzene rings is 2. The fourth-order valence-electron chi connectivity index (χ4n) is 4.13. The third-order valence-electron chi connectivity index (χ3n) is 6.13. The largest absolute Gasteiger partial charge is 0.337 e. The molecule has 4 aromatic rings. The molecule has 0 radical (unpaired) electrons. The maximum absolute atomic E-state index is 13.2. The number of carbonyl (C=O) groups excluding carboxylic acids is 2. The van der Waals surface area contributed by atoms with Crippen molar-refractivity contribution in [2.45, 2.75) is 24.8 Å². The average Bonchev–Trinajstić information content (AvgIpc) is 3.43. The number of thiophene rings is 1. The van der Waals surface area contributed by atoms with Crippen LogP contribution in [-0.4, -0.2) is 55.1 Å². The van der Waals surface area contributed by atoms with E-state index in [1.54, 1.807) is 23.2 Å². The van der Waals surface area contributed by atoms with Crippen LogP contribution < -0.4 is 5.32 Å². The van der Waals surface area contributed by atoms with Crippen LogP contribution in [-0.2, 0) is 27.8 Å². The van der Waals surface area contributed by atoms with E-state index in [1.807, 2.05) is 24.3 Å². The van der Waals surface area contributed by atoms with Crippen molar-refractivity contribution in [1.82, 2.24) is 14.2 Å². The average molecular weight is 541 g/mol. The number of anilines is 1. The van der Waals surface area contributed by atoms with Crippen LogP contribution in [0.15, 0.2) is 53.4 Å². The summed E-state index contributed by atoms with van der Waals surface area (Å²) >= 11 is 3.03. The van der Waals surface area contributed by atoms with E-state index >= 15 is 0 Å². The number of hydrogen-bond acceptors (Lipinski definition) is 7. The van der Waals surface area contributed by atoms with E-state index in [-0.39, 0.29) is 16.7 Å². The minimum Gasteiger partial charge on any atom is -0.337 e. The van der Waals surface area contributed by atoms with Crippen LogP contribution in [0.25, 0.3) is 20.8 Å². The summed E-state index contributed by atoms with van der Waals surface area (Å²) in [7, 11) is -0.656. The van der Waals surface area contributed by atoms with Gasteiger partial charge in [-0.1, -0.05) is 12.1 Å². The Labute approximate surface area is 217 Å². The molecule has 0 saturated carbocycles. The Morgan fingerprint density at radius 2 is 1.78 bits per heavy atom. The Bertz CT molecular complexity index is 1550. The van der Waals surface area contributed by atoms with Gasteiger partial charge in [-0.2, -0.15) is 0 Å². The van der Waals surface area contributed by atoms with Gasteiger partial charge in [0.2, 0.25) is 15.9 Å². The number of nitrogens with one attached hydrogen (secondary N) is 1. The summed E-state index contributed by atoms with van der Waals surface area (Å²) in [6.45, 7) is 2.68. The molecule has 36 heavy (non-hydrogen) atoms. The van der Waals surface area contributed by atoms with E-state index in [1.165, 1.54) is 49.7 Å². The smallest absolute Gasteiger partial charge is 0.256 e. The first-order chi connectivity index (χ1) is 17.1. The number of rotatable bonds is 5. The van der Waals surface area contributed by atoms with E-state index < -0.39 is 10.0 Å². The van der Waals surface area contributed by atoms with E-state index in [9.17, 15) is 18.0 Å². The van der Waals surface area contributed by atoms with Crippen LogP contribution in [0.4, 0.5) is 5.00 Å². The van der Waals surface area contributed by atoms with Crippen molar-refractivity contribution < 1.29 is 18.0 Å². The second-order valence-corrected chi connectivity index (χ2v) is 12.9. The van der Waals surface area contributed by atoms with Gasteiger partial charge in [0, 0.05) is 43.6 Å². The fraction of sp³-hybridized carbons (Fsp3) is 0.240. The normalized spacial score (nSPS) is 13.7. The summed E-state index contributed by atoms with van der Waals surface area (Å²) in [5.41, 5.74) is 3.26. The zero-order valence-corrected chi connectivity index (χ0v) is 22.4. The van der Waals surface area contributed by atoms with Crippen molar-refractivity contribution in [3.63, 3.8) is 0 Å². The van der Waals surface area contributed by atoms with Gasteiger partial charge in [-0.05, 0) is 48.4 Å². The molecule has 11 heteroatoms. The number of carbonyl (C=O) groups is 2. The number of sulfonamides is 1. The molecule has 2 aromatic carbocycles. The third-order valence-corrected chi connectivity index (χ3v) is 10.1. The Hall–Kier alpha value is -3.12. The van der Waals surface area contributed by atoms with Crippen molar-refractivity contribution in [3.05, 3.63) is 64.5 Å². The van der Waals surface area contributed by atoms with Gasteiger partial charge in [-0.25, -0.2) is 17.7 Å². The zero-order chi connectivity index (χ0) is 25.6. The molecule has 0 saturated heterocycles. The maximum Gasteiger partial charge on any atom is 0.256 e.